The molecule has 0 radical (unpaired) electrons. The van der Waals surface area contributed by atoms with E-state index in [1.165, 1.54) is 11.3 Å². The van der Waals surface area contributed by atoms with Gasteiger partial charge in [-0.3, -0.25) is 0 Å². The van der Waals surface area contributed by atoms with Gasteiger partial charge in [-0.1, -0.05) is 18.2 Å². The van der Waals surface area contributed by atoms with E-state index in [0.29, 0.717) is 26.3 Å². The summed E-state index contributed by atoms with van der Waals surface area (Å²) in [4.78, 5) is 14.3. The second-order valence-electron chi connectivity index (χ2n) is 6.83. The smallest absolute Gasteiger partial charge is 0.314 e. The number of ether oxygens (including phenoxy) is 2. The van der Waals surface area contributed by atoms with Crippen molar-refractivity contribution in [2.75, 3.05) is 44.3 Å². The highest BCUT2D eigenvalue weighted by Crippen LogP contribution is 2.30. The van der Waals surface area contributed by atoms with Crippen LogP contribution in [0.5, 0.6) is 11.5 Å². The summed E-state index contributed by atoms with van der Waals surface area (Å²) in [6.45, 7) is 8.22. The summed E-state index contributed by atoms with van der Waals surface area (Å²) in [5, 5.41) is 5.84. The van der Waals surface area contributed by atoms with Crippen LogP contribution in [0, 0.1) is 6.92 Å². The van der Waals surface area contributed by atoms with Gasteiger partial charge in [0.05, 0.1) is 0 Å². The number of hydrogen-bond donors (Lipinski definition) is 2. The number of amides is 2. The van der Waals surface area contributed by atoms with Crippen LogP contribution in [-0.2, 0) is 6.42 Å². The third kappa shape index (κ3) is 5.55. The Bertz CT molecular complexity index is 794. The molecule has 0 fully saturated rings. The van der Waals surface area contributed by atoms with Crippen molar-refractivity contribution in [1.82, 2.24) is 10.6 Å². The fourth-order valence-electron chi connectivity index (χ4n) is 3.22. The van der Waals surface area contributed by atoms with Crippen LogP contribution in [0.25, 0.3) is 0 Å². The highest BCUT2D eigenvalue weighted by atomic mass is 16.6. The lowest BCUT2D eigenvalue weighted by molar-refractivity contribution is 0.171. The molecule has 1 heterocycles. The SMILES string of the molecule is CCN(CCNC(=O)NCCc1ccc2c(c1)OCCO2)c1cccc(C)c1. The Morgan fingerprint density at radius 3 is 2.61 bits per heavy atom. The summed E-state index contributed by atoms with van der Waals surface area (Å²) < 4.78 is 11.1. The minimum absolute atomic E-state index is 0.141. The molecule has 2 aromatic carbocycles. The van der Waals surface area contributed by atoms with Crippen molar-refractivity contribution in [2.24, 2.45) is 0 Å². The van der Waals surface area contributed by atoms with Crippen molar-refractivity contribution in [1.29, 1.82) is 0 Å². The van der Waals surface area contributed by atoms with Gasteiger partial charge in [0.1, 0.15) is 13.2 Å². The Kier molecular flexibility index (Phi) is 7.00. The van der Waals surface area contributed by atoms with E-state index < -0.39 is 0 Å². The summed E-state index contributed by atoms with van der Waals surface area (Å²) in [7, 11) is 0. The summed E-state index contributed by atoms with van der Waals surface area (Å²) in [6, 6.07) is 14.2. The highest BCUT2D eigenvalue weighted by molar-refractivity contribution is 5.73. The second-order valence-corrected chi connectivity index (χ2v) is 6.83. The summed E-state index contributed by atoms with van der Waals surface area (Å²) in [5.74, 6) is 1.57. The number of anilines is 1. The van der Waals surface area contributed by atoms with Crippen LogP contribution in [0.15, 0.2) is 42.5 Å². The molecule has 0 atom stereocenters. The van der Waals surface area contributed by atoms with Gasteiger partial charge in [0.25, 0.3) is 0 Å². The van der Waals surface area contributed by atoms with Crippen molar-refractivity contribution in [3.05, 3.63) is 53.6 Å². The number of nitrogens with one attached hydrogen (secondary N) is 2. The van der Waals surface area contributed by atoms with Gasteiger partial charge in [0, 0.05) is 31.9 Å². The molecule has 0 saturated carbocycles. The number of carbonyl (C=O) groups is 1. The molecule has 1 aliphatic rings. The van der Waals surface area contributed by atoms with Crippen molar-refractivity contribution < 1.29 is 14.3 Å². The third-order valence-electron chi connectivity index (χ3n) is 4.72. The zero-order valence-electron chi connectivity index (χ0n) is 16.7. The predicted octanol–water partition coefficient (Wildman–Crippen LogP) is 3.13. The minimum Gasteiger partial charge on any atom is -0.486 e. The van der Waals surface area contributed by atoms with Crippen LogP contribution in [0.1, 0.15) is 18.1 Å². The van der Waals surface area contributed by atoms with E-state index in [-0.39, 0.29) is 6.03 Å². The van der Waals surface area contributed by atoms with Crippen molar-refractivity contribution in [2.45, 2.75) is 20.3 Å². The predicted molar refractivity (Wildman–Crippen MR) is 112 cm³/mol. The lowest BCUT2D eigenvalue weighted by Crippen LogP contribution is -2.41. The Morgan fingerprint density at radius 1 is 1.04 bits per heavy atom. The van der Waals surface area contributed by atoms with E-state index in [0.717, 1.165) is 36.6 Å². The number of nitrogens with zero attached hydrogens (tertiary/aromatic N) is 1. The van der Waals surface area contributed by atoms with E-state index in [4.69, 9.17) is 9.47 Å². The van der Waals surface area contributed by atoms with Gasteiger partial charge in [0.15, 0.2) is 11.5 Å². The van der Waals surface area contributed by atoms with Gasteiger partial charge in [-0.05, 0) is 55.7 Å². The first-order valence-corrected chi connectivity index (χ1v) is 9.87. The van der Waals surface area contributed by atoms with Crippen LogP contribution in [-0.4, -0.2) is 45.4 Å². The molecule has 2 N–H and O–H groups in total. The number of urea groups is 1. The molecule has 2 aromatic rings. The van der Waals surface area contributed by atoms with E-state index in [2.05, 4.69) is 53.6 Å². The molecule has 0 bridgehead atoms. The summed E-state index contributed by atoms with van der Waals surface area (Å²) in [5.41, 5.74) is 3.53. The normalized spacial score (nSPS) is 12.4. The third-order valence-corrected chi connectivity index (χ3v) is 4.72. The number of hydrogen-bond acceptors (Lipinski definition) is 4. The van der Waals surface area contributed by atoms with Crippen molar-refractivity contribution in [3.63, 3.8) is 0 Å². The Balaban J connectivity index is 1.37. The molecule has 0 aliphatic carbocycles. The molecule has 150 valence electrons. The van der Waals surface area contributed by atoms with Crippen molar-refractivity contribution in [3.8, 4) is 11.5 Å². The second kappa shape index (κ2) is 9.88. The molecule has 3 rings (SSSR count). The molecule has 6 heteroatoms. The molecule has 1 aliphatic heterocycles. The molecule has 28 heavy (non-hydrogen) atoms. The number of likely N-dealkylation sites (N-methyl/N-ethyl adjacent to an activating group) is 1. The largest absolute Gasteiger partial charge is 0.486 e. The van der Waals surface area contributed by atoms with Crippen LogP contribution >= 0.6 is 0 Å². The van der Waals surface area contributed by atoms with Gasteiger partial charge in [-0.2, -0.15) is 0 Å². The molecule has 2 amide bonds. The van der Waals surface area contributed by atoms with Crippen molar-refractivity contribution >= 4 is 11.7 Å². The average Bonchev–Trinajstić information content (AvgIpc) is 2.71. The lowest BCUT2D eigenvalue weighted by atomic mass is 10.1. The maximum atomic E-state index is 12.0. The summed E-state index contributed by atoms with van der Waals surface area (Å²) >= 11 is 0. The van der Waals surface area contributed by atoms with Crippen LogP contribution in [0.2, 0.25) is 0 Å². The zero-order valence-corrected chi connectivity index (χ0v) is 16.7. The van der Waals surface area contributed by atoms with E-state index in [1.807, 2.05) is 18.2 Å². The molecule has 0 aromatic heterocycles. The van der Waals surface area contributed by atoms with E-state index >= 15 is 0 Å². The standard InChI is InChI=1S/C22H29N3O3/c1-3-25(19-6-4-5-17(2)15-19)12-11-24-22(26)23-10-9-18-7-8-20-21(16-18)28-14-13-27-20/h4-8,15-16H,3,9-14H2,1-2H3,(H2,23,24,26). The monoisotopic (exact) mass is 383 g/mol. The topological polar surface area (TPSA) is 62.8 Å². The summed E-state index contributed by atoms with van der Waals surface area (Å²) in [6.07, 6.45) is 0.744. The number of fused-ring (bicyclic) bond motifs is 1. The molecule has 0 saturated heterocycles. The fourth-order valence-corrected chi connectivity index (χ4v) is 3.22. The van der Waals surface area contributed by atoms with Gasteiger partial charge in [0.2, 0.25) is 0 Å². The first-order valence-electron chi connectivity index (χ1n) is 9.87. The zero-order chi connectivity index (χ0) is 19.8. The van der Waals surface area contributed by atoms with E-state index in [9.17, 15) is 4.79 Å². The quantitative estimate of drug-likeness (QED) is 0.735. The Labute approximate surface area is 166 Å². The number of carbonyl (C=O) groups excluding carboxylic acids is 1. The van der Waals surface area contributed by atoms with Crippen LogP contribution in [0.4, 0.5) is 10.5 Å². The van der Waals surface area contributed by atoms with Gasteiger partial charge in [-0.25, -0.2) is 4.79 Å². The minimum atomic E-state index is -0.141. The highest BCUT2D eigenvalue weighted by Gasteiger charge is 2.11. The molecular formula is C22H29N3O3. The molecular weight excluding hydrogens is 354 g/mol. The average molecular weight is 383 g/mol. The maximum Gasteiger partial charge on any atom is 0.314 e. The van der Waals surface area contributed by atoms with E-state index in [1.54, 1.807) is 0 Å². The number of benzene rings is 2. The molecule has 6 nitrogen and oxygen atoms in total. The fraction of sp³-hybridized carbons (Fsp3) is 0.409. The Hall–Kier alpha value is -2.89. The maximum absolute atomic E-state index is 12.0. The number of rotatable bonds is 8. The Morgan fingerprint density at radius 2 is 1.82 bits per heavy atom. The molecule has 0 spiro atoms. The lowest BCUT2D eigenvalue weighted by Gasteiger charge is -2.23. The van der Waals surface area contributed by atoms with Crippen LogP contribution in [0.3, 0.4) is 0 Å². The van der Waals surface area contributed by atoms with Gasteiger partial charge < -0.3 is 25.0 Å². The van der Waals surface area contributed by atoms with Gasteiger partial charge in [-0.15, -0.1) is 0 Å². The van der Waals surface area contributed by atoms with Gasteiger partial charge >= 0.3 is 6.03 Å². The van der Waals surface area contributed by atoms with Crippen LogP contribution < -0.4 is 25.0 Å². The number of aryl methyl sites for hydroxylation is 1. The molecule has 0 unspecified atom stereocenters. The first-order chi connectivity index (χ1) is 13.7. The first kappa shape index (κ1) is 19.9.